The molecule has 0 radical (unpaired) electrons. The third kappa shape index (κ3) is 5.60. The molecular weight excluding hydrogens is 506 g/mol. The van der Waals surface area contributed by atoms with E-state index in [2.05, 4.69) is 5.32 Å². The number of likely N-dealkylation sites (tertiary alicyclic amines) is 1. The Morgan fingerprint density at radius 3 is 2.37 bits per heavy atom. The number of hydrogen-bond acceptors (Lipinski definition) is 6. The molecule has 2 aliphatic heterocycles. The largest absolute Gasteiger partial charge is 0.486 e. The fraction of sp³-hybridized carbons (Fsp3) is 0.286. The van der Waals surface area contributed by atoms with E-state index in [-0.39, 0.29) is 17.3 Å². The average molecular weight is 536 g/mol. The van der Waals surface area contributed by atoms with Crippen molar-refractivity contribution in [2.75, 3.05) is 30.6 Å². The number of amides is 2. The van der Waals surface area contributed by atoms with Gasteiger partial charge >= 0.3 is 0 Å². The number of rotatable bonds is 9. The standard InChI is InChI=1S/C28H29N3O6S/c32-27(29-18-21-7-4-5-8-22(21)19-30-14-6-11-28(30)33)20-31(38(34,35)24-9-2-1-3-10-24)23-12-13-25-26(17-23)37-16-15-36-25/h1-5,7-10,12-13,17H,6,11,14-16,18-20H2,(H,29,32). The summed E-state index contributed by atoms with van der Waals surface area (Å²) in [6, 6.07) is 20.4. The summed E-state index contributed by atoms with van der Waals surface area (Å²) >= 11 is 0. The number of nitrogens with one attached hydrogen (secondary N) is 1. The van der Waals surface area contributed by atoms with E-state index in [0.717, 1.165) is 28.4 Å². The fourth-order valence-electron chi connectivity index (χ4n) is 4.56. The van der Waals surface area contributed by atoms with Crippen molar-refractivity contribution in [1.29, 1.82) is 0 Å². The zero-order valence-corrected chi connectivity index (χ0v) is 21.7. The number of hydrogen-bond donors (Lipinski definition) is 1. The number of ether oxygens (including phenoxy) is 2. The molecular formula is C28H29N3O6S. The number of anilines is 1. The van der Waals surface area contributed by atoms with Crippen LogP contribution in [0.4, 0.5) is 5.69 Å². The number of nitrogens with zero attached hydrogens (tertiary/aromatic N) is 2. The SMILES string of the molecule is O=C(CN(c1ccc2c(c1)OCCO2)S(=O)(=O)c1ccccc1)NCc1ccccc1CN1CCCC1=O. The van der Waals surface area contributed by atoms with Gasteiger partial charge < -0.3 is 19.7 Å². The Morgan fingerprint density at radius 2 is 1.63 bits per heavy atom. The minimum Gasteiger partial charge on any atom is -0.486 e. The molecule has 3 aromatic carbocycles. The highest BCUT2D eigenvalue weighted by Crippen LogP contribution is 2.35. The monoisotopic (exact) mass is 535 g/mol. The minimum absolute atomic E-state index is 0.0725. The van der Waals surface area contributed by atoms with Gasteiger partial charge in [0, 0.05) is 32.1 Å². The maximum atomic E-state index is 13.6. The molecule has 2 heterocycles. The van der Waals surface area contributed by atoms with Crippen LogP contribution in [0.25, 0.3) is 0 Å². The van der Waals surface area contributed by atoms with E-state index in [1.165, 1.54) is 12.1 Å². The predicted molar refractivity (Wildman–Crippen MR) is 141 cm³/mol. The number of benzene rings is 3. The van der Waals surface area contributed by atoms with E-state index in [1.54, 1.807) is 36.4 Å². The number of sulfonamides is 1. The Morgan fingerprint density at radius 1 is 0.921 bits per heavy atom. The highest BCUT2D eigenvalue weighted by atomic mass is 32.2. The maximum absolute atomic E-state index is 13.6. The van der Waals surface area contributed by atoms with Crippen LogP contribution in [-0.4, -0.2) is 51.4 Å². The molecule has 2 amide bonds. The van der Waals surface area contributed by atoms with Gasteiger partial charge in [0.2, 0.25) is 11.8 Å². The summed E-state index contributed by atoms with van der Waals surface area (Å²) < 4.78 is 39.5. The Kier molecular flexibility index (Phi) is 7.50. The lowest BCUT2D eigenvalue weighted by Crippen LogP contribution is -2.40. The number of carbonyl (C=O) groups excluding carboxylic acids is 2. The van der Waals surface area contributed by atoms with E-state index < -0.39 is 22.5 Å². The normalized spacial score (nSPS) is 14.8. The van der Waals surface area contributed by atoms with Crippen molar-refractivity contribution < 1.29 is 27.5 Å². The minimum atomic E-state index is -4.06. The lowest BCUT2D eigenvalue weighted by Gasteiger charge is -2.26. The lowest BCUT2D eigenvalue weighted by atomic mass is 10.1. The van der Waals surface area contributed by atoms with Crippen LogP contribution in [0.1, 0.15) is 24.0 Å². The highest BCUT2D eigenvalue weighted by Gasteiger charge is 2.28. The zero-order chi connectivity index (χ0) is 26.5. The van der Waals surface area contributed by atoms with Gasteiger partial charge in [0.15, 0.2) is 11.5 Å². The second-order valence-electron chi connectivity index (χ2n) is 9.12. The van der Waals surface area contributed by atoms with Gasteiger partial charge in [0.25, 0.3) is 10.0 Å². The van der Waals surface area contributed by atoms with Crippen LogP contribution >= 0.6 is 0 Å². The van der Waals surface area contributed by atoms with Gasteiger partial charge in [-0.25, -0.2) is 8.42 Å². The van der Waals surface area contributed by atoms with E-state index >= 15 is 0 Å². The molecule has 0 aromatic heterocycles. The van der Waals surface area contributed by atoms with Gasteiger partial charge in [-0.05, 0) is 41.8 Å². The van der Waals surface area contributed by atoms with Gasteiger partial charge in [-0.1, -0.05) is 42.5 Å². The molecule has 10 heteroatoms. The summed E-state index contributed by atoms with van der Waals surface area (Å²) in [6.07, 6.45) is 1.41. The molecule has 0 aliphatic carbocycles. The quantitative estimate of drug-likeness (QED) is 0.452. The van der Waals surface area contributed by atoms with E-state index in [9.17, 15) is 18.0 Å². The van der Waals surface area contributed by atoms with Crippen molar-refractivity contribution in [1.82, 2.24) is 10.2 Å². The first-order valence-corrected chi connectivity index (χ1v) is 13.9. The molecule has 1 N–H and O–H groups in total. The summed E-state index contributed by atoms with van der Waals surface area (Å²) in [5.74, 6) is 0.610. The van der Waals surface area contributed by atoms with Gasteiger partial charge in [0.1, 0.15) is 19.8 Å². The van der Waals surface area contributed by atoms with Gasteiger partial charge in [-0.2, -0.15) is 0 Å². The second kappa shape index (κ2) is 11.1. The van der Waals surface area contributed by atoms with Crippen molar-refractivity contribution in [3.05, 3.63) is 83.9 Å². The zero-order valence-electron chi connectivity index (χ0n) is 20.8. The van der Waals surface area contributed by atoms with Crippen molar-refractivity contribution >= 4 is 27.5 Å². The second-order valence-corrected chi connectivity index (χ2v) is 11.0. The number of fused-ring (bicyclic) bond motifs is 1. The Labute approximate surface area is 222 Å². The third-order valence-electron chi connectivity index (χ3n) is 6.56. The topological polar surface area (TPSA) is 105 Å². The molecule has 2 aliphatic rings. The average Bonchev–Trinajstić information content (AvgIpc) is 3.35. The van der Waals surface area contributed by atoms with Gasteiger partial charge in [-0.3, -0.25) is 13.9 Å². The molecule has 0 spiro atoms. The van der Waals surface area contributed by atoms with Crippen LogP contribution in [-0.2, 0) is 32.7 Å². The van der Waals surface area contributed by atoms with Gasteiger partial charge in [0.05, 0.1) is 10.6 Å². The first-order chi connectivity index (χ1) is 18.4. The Hall–Kier alpha value is -4.05. The highest BCUT2D eigenvalue weighted by molar-refractivity contribution is 7.92. The number of carbonyl (C=O) groups is 2. The predicted octanol–water partition coefficient (Wildman–Crippen LogP) is 3.09. The molecule has 198 valence electrons. The molecule has 1 saturated heterocycles. The van der Waals surface area contributed by atoms with Crippen molar-refractivity contribution in [2.24, 2.45) is 0 Å². The maximum Gasteiger partial charge on any atom is 0.264 e. The first kappa shape index (κ1) is 25.6. The van der Waals surface area contributed by atoms with Crippen molar-refractivity contribution in [3.63, 3.8) is 0 Å². The molecule has 5 rings (SSSR count). The summed E-state index contributed by atoms with van der Waals surface area (Å²) in [4.78, 5) is 27.1. The summed E-state index contributed by atoms with van der Waals surface area (Å²) in [5.41, 5.74) is 2.11. The van der Waals surface area contributed by atoms with E-state index in [1.807, 2.05) is 29.2 Å². The fourth-order valence-corrected chi connectivity index (χ4v) is 6.00. The van der Waals surface area contributed by atoms with Crippen LogP contribution in [0.5, 0.6) is 11.5 Å². The molecule has 0 unspecified atom stereocenters. The van der Waals surface area contributed by atoms with Crippen molar-refractivity contribution in [3.8, 4) is 11.5 Å². The smallest absolute Gasteiger partial charge is 0.264 e. The summed E-state index contributed by atoms with van der Waals surface area (Å²) in [7, 11) is -4.06. The van der Waals surface area contributed by atoms with Crippen LogP contribution in [0.15, 0.2) is 77.7 Å². The molecule has 0 atom stereocenters. The van der Waals surface area contributed by atoms with Crippen LogP contribution < -0.4 is 19.1 Å². The van der Waals surface area contributed by atoms with Crippen LogP contribution in [0.2, 0.25) is 0 Å². The first-order valence-electron chi connectivity index (χ1n) is 12.5. The molecule has 3 aromatic rings. The van der Waals surface area contributed by atoms with Crippen molar-refractivity contribution in [2.45, 2.75) is 30.8 Å². The Bertz CT molecular complexity index is 1430. The van der Waals surface area contributed by atoms with Crippen LogP contribution in [0.3, 0.4) is 0 Å². The molecule has 0 bridgehead atoms. The molecule has 1 fully saturated rings. The lowest BCUT2D eigenvalue weighted by molar-refractivity contribution is -0.128. The van der Waals surface area contributed by atoms with E-state index in [4.69, 9.17) is 9.47 Å². The molecule has 9 nitrogen and oxygen atoms in total. The summed E-state index contributed by atoms with van der Waals surface area (Å²) in [5, 5.41) is 2.86. The van der Waals surface area contributed by atoms with E-state index in [0.29, 0.717) is 43.4 Å². The van der Waals surface area contributed by atoms with Crippen LogP contribution in [0, 0.1) is 0 Å². The summed E-state index contributed by atoms with van der Waals surface area (Å²) in [6.45, 7) is 1.75. The molecule has 0 saturated carbocycles. The third-order valence-corrected chi connectivity index (χ3v) is 8.35. The van der Waals surface area contributed by atoms with Gasteiger partial charge in [-0.15, -0.1) is 0 Å². The molecule has 38 heavy (non-hydrogen) atoms. The Balaban J connectivity index is 1.35.